The third kappa shape index (κ3) is 3.90. The van der Waals surface area contributed by atoms with Crippen molar-refractivity contribution in [3.63, 3.8) is 0 Å². The van der Waals surface area contributed by atoms with Gasteiger partial charge in [-0.25, -0.2) is 0 Å². The van der Waals surface area contributed by atoms with E-state index in [0.29, 0.717) is 6.54 Å². The van der Waals surface area contributed by atoms with Gasteiger partial charge in [-0.1, -0.05) is 45.7 Å². The van der Waals surface area contributed by atoms with Gasteiger partial charge in [0.2, 0.25) is 5.91 Å². The molecule has 1 amide bonds. The van der Waals surface area contributed by atoms with Crippen LogP contribution in [0.25, 0.3) is 0 Å². The number of ether oxygens (including phenoxy) is 1. The molecular formula is C17H22BrClN2O2. The third-order valence-electron chi connectivity index (χ3n) is 4.76. The number of carbonyl (C=O) groups is 1. The maximum absolute atomic E-state index is 12.4. The van der Waals surface area contributed by atoms with Crippen LogP contribution in [0.4, 0.5) is 0 Å². The summed E-state index contributed by atoms with van der Waals surface area (Å²) in [6.07, 6.45) is 2.93. The quantitative estimate of drug-likeness (QED) is 0.771. The summed E-state index contributed by atoms with van der Waals surface area (Å²) in [6, 6.07) is 7.95. The van der Waals surface area contributed by atoms with Crippen LogP contribution in [0.15, 0.2) is 24.3 Å². The summed E-state index contributed by atoms with van der Waals surface area (Å²) in [7, 11) is 0. The van der Waals surface area contributed by atoms with Crippen LogP contribution >= 0.6 is 27.5 Å². The summed E-state index contributed by atoms with van der Waals surface area (Å²) < 4.78 is 5.09. The van der Waals surface area contributed by atoms with Gasteiger partial charge < -0.3 is 10.1 Å². The van der Waals surface area contributed by atoms with Crippen molar-refractivity contribution in [2.45, 2.75) is 29.6 Å². The van der Waals surface area contributed by atoms with E-state index in [2.05, 4.69) is 26.1 Å². The highest BCUT2D eigenvalue weighted by molar-refractivity contribution is 9.10. The third-order valence-corrected chi connectivity index (χ3v) is 6.26. The average Bonchev–Trinajstić information content (AvgIpc) is 2.55. The van der Waals surface area contributed by atoms with E-state index in [1.54, 1.807) is 0 Å². The second kappa shape index (κ2) is 7.51. The SMILES string of the molecule is O=C(NC[C@H](c1ccccc1Cl)N1CCOCC1)C1(Br)CCC1. The Morgan fingerprint density at radius 3 is 2.65 bits per heavy atom. The van der Waals surface area contributed by atoms with Crippen LogP contribution in [0.2, 0.25) is 5.02 Å². The van der Waals surface area contributed by atoms with Gasteiger partial charge in [0.1, 0.15) is 4.32 Å². The molecule has 1 saturated heterocycles. The molecule has 0 spiro atoms. The number of halogens is 2. The van der Waals surface area contributed by atoms with Crippen LogP contribution in [0.3, 0.4) is 0 Å². The molecule has 126 valence electrons. The first kappa shape index (κ1) is 17.2. The molecule has 1 aliphatic carbocycles. The van der Waals surface area contributed by atoms with E-state index in [9.17, 15) is 4.79 Å². The molecule has 2 fully saturated rings. The fraction of sp³-hybridized carbons (Fsp3) is 0.588. The molecule has 23 heavy (non-hydrogen) atoms. The van der Waals surface area contributed by atoms with Gasteiger partial charge in [0.15, 0.2) is 0 Å². The zero-order chi connectivity index (χ0) is 16.3. The molecule has 0 aromatic heterocycles. The topological polar surface area (TPSA) is 41.6 Å². The molecule has 1 aromatic carbocycles. The van der Waals surface area contributed by atoms with Crippen LogP contribution in [-0.4, -0.2) is 48.0 Å². The smallest absolute Gasteiger partial charge is 0.236 e. The van der Waals surface area contributed by atoms with E-state index < -0.39 is 0 Å². The molecular weight excluding hydrogens is 380 g/mol. The number of benzene rings is 1. The first-order valence-corrected chi connectivity index (χ1v) is 9.31. The minimum atomic E-state index is -0.358. The summed E-state index contributed by atoms with van der Waals surface area (Å²) in [6.45, 7) is 3.71. The number of carbonyl (C=O) groups excluding carboxylic acids is 1. The highest BCUT2D eigenvalue weighted by Crippen LogP contribution is 2.40. The Kier molecular flexibility index (Phi) is 5.62. The highest BCUT2D eigenvalue weighted by atomic mass is 79.9. The lowest BCUT2D eigenvalue weighted by molar-refractivity contribution is -0.125. The van der Waals surface area contributed by atoms with Crippen molar-refractivity contribution in [3.05, 3.63) is 34.9 Å². The van der Waals surface area contributed by atoms with Gasteiger partial charge in [-0.15, -0.1) is 0 Å². The maximum atomic E-state index is 12.4. The number of alkyl halides is 1. The van der Waals surface area contributed by atoms with Crippen molar-refractivity contribution in [1.29, 1.82) is 0 Å². The lowest BCUT2D eigenvalue weighted by atomic mass is 9.84. The molecule has 4 nitrogen and oxygen atoms in total. The van der Waals surface area contributed by atoms with E-state index in [4.69, 9.17) is 16.3 Å². The molecule has 0 bridgehead atoms. The lowest BCUT2D eigenvalue weighted by Gasteiger charge is -2.38. The van der Waals surface area contributed by atoms with Gasteiger partial charge in [0.25, 0.3) is 0 Å². The minimum Gasteiger partial charge on any atom is -0.379 e. The van der Waals surface area contributed by atoms with Gasteiger partial charge in [0.05, 0.1) is 19.3 Å². The maximum Gasteiger partial charge on any atom is 0.236 e. The summed E-state index contributed by atoms with van der Waals surface area (Å²) in [5.41, 5.74) is 1.06. The van der Waals surface area contributed by atoms with E-state index in [1.165, 1.54) is 0 Å². The molecule has 1 saturated carbocycles. The normalized spacial score (nSPS) is 22.2. The van der Waals surface area contributed by atoms with Crippen LogP contribution < -0.4 is 5.32 Å². The molecule has 1 aromatic rings. The molecule has 2 aliphatic rings. The van der Waals surface area contributed by atoms with Gasteiger partial charge in [-0.05, 0) is 30.9 Å². The Labute approximate surface area is 150 Å². The first-order chi connectivity index (χ1) is 11.1. The fourth-order valence-corrected chi connectivity index (χ4v) is 4.09. The van der Waals surface area contributed by atoms with Crippen LogP contribution in [0, 0.1) is 0 Å². The number of nitrogens with zero attached hydrogens (tertiary/aromatic N) is 1. The Hall–Kier alpha value is -0.620. The number of morpholine rings is 1. The van der Waals surface area contributed by atoms with Crippen LogP contribution in [0.5, 0.6) is 0 Å². The van der Waals surface area contributed by atoms with Gasteiger partial charge in [-0.3, -0.25) is 9.69 Å². The van der Waals surface area contributed by atoms with Crippen molar-refractivity contribution in [2.75, 3.05) is 32.8 Å². The van der Waals surface area contributed by atoms with E-state index in [-0.39, 0.29) is 16.3 Å². The average molecular weight is 402 g/mol. The summed E-state index contributed by atoms with van der Waals surface area (Å²) in [5.74, 6) is 0.0917. The van der Waals surface area contributed by atoms with E-state index in [0.717, 1.165) is 56.2 Å². The number of rotatable bonds is 5. The van der Waals surface area contributed by atoms with Gasteiger partial charge in [0, 0.05) is 24.7 Å². The fourth-order valence-electron chi connectivity index (χ4n) is 3.13. The van der Waals surface area contributed by atoms with Crippen molar-refractivity contribution in [1.82, 2.24) is 10.2 Å². The Balaban J connectivity index is 1.72. The van der Waals surface area contributed by atoms with Crippen molar-refractivity contribution < 1.29 is 9.53 Å². The predicted octanol–water partition coefficient (Wildman–Crippen LogP) is 3.15. The minimum absolute atomic E-state index is 0.0766. The van der Waals surface area contributed by atoms with Crippen LogP contribution in [0.1, 0.15) is 30.9 Å². The zero-order valence-corrected chi connectivity index (χ0v) is 15.4. The zero-order valence-electron chi connectivity index (χ0n) is 13.1. The molecule has 3 rings (SSSR count). The number of nitrogens with one attached hydrogen (secondary N) is 1. The van der Waals surface area contributed by atoms with Crippen molar-refractivity contribution >= 4 is 33.4 Å². The summed E-state index contributed by atoms with van der Waals surface area (Å²) in [4.78, 5) is 14.8. The predicted molar refractivity (Wildman–Crippen MR) is 95.1 cm³/mol. The largest absolute Gasteiger partial charge is 0.379 e. The monoisotopic (exact) mass is 400 g/mol. The Morgan fingerprint density at radius 2 is 2.04 bits per heavy atom. The number of amides is 1. The molecule has 1 aliphatic heterocycles. The molecule has 0 radical (unpaired) electrons. The van der Waals surface area contributed by atoms with Crippen molar-refractivity contribution in [3.8, 4) is 0 Å². The molecule has 1 N–H and O–H groups in total. The van der Waals surface area contributed by atoms with Crippen LogP contribution in [-0.2, 0) is 9.53 Å². The Bertz CT molecular complexity index is 559. The van der Waals surface area contributed by atoms with Crippen molar-refractivity contribution in [2.24, 2.45) is 0 Å². The van der Waals surface area contributed by atoms with Gasteiger partial charge in [-0.2, -0.15) is 0 Å². The highest BCUT2D eigenvalue weighted by Gasteiger charge is 2.41. The molecule has 1 atom stereocenters. The van der Waals surface area contributed by atoms with Gasteiger partial charge >= 0.3 is 0 Å². The van der Waals surface area contributed by atoms with E-state index >= 15 is 0 Å². The van der Waals surface area contributed by atoms with E-state index in [1.807, 2.05) is 24.3 Å². The standard InChI is InChI=1S/C17H22BrClN2O2/c18-17(6-3-7-17)16(22)20-12-15(21-8-10-23-11-9-21)13-4-1-2-5-14(13)19/h1-2,4-5,15H,3,6-12H2,(H,20,22)/t15-/m1/s1. The second-order valence-electron chi connectivity index (χ2n) is 6.21. The molecule has 6 heteroatoms. The molecule has 0 unspecified atom stereocenters. The lowest BCUT2D eigenvalue weighted by Crippen LogP contribution is -2.50. The number of hydrogen-bond acceptors (Lipinski definition) is 3. The summed E-state index contributed by atoms with van der Waals surface area (Å²) >= 11 is 9.98. The Morgan fingerprint density at radius 1 is 1.35 bits per heavy atom. The number of hydrogen-bond donors (Lipinski definition) is 1. The summed E-state index contributed by atoms with van der Waals surface area (Å²) in [5, 5.41) is 3.87. The first-order valence-electron chi connectivity index (χ1n) is 8.14. The second-order valence-corrected chi connectivity index (χ2v) is 8.14. The molecule has 1 heterocycles.